The molecule has 5 nitrogen and oxygen atoms in total. The molecule has 1 aliphatic rings. The van der Waals surface area contributed by atoms with Crippen molar-refractivity contribution in [1.82, 2.24) is 4.90 Å². The highest BCUT2D eigenvalue weighted by molar-refractivity contribution is 9.10. The number of carbonyl (C=O) groups excluding carboxylic acids is 2. The monoisotopic (exact) mass is 335 g/mol. The van der Waals surface area contributed by atoms with Crippen LogP contribution in [0, 0.1) is 11.8 Å². The smallest absolute Gasteiger partial charge is 0.328 e. The van der Waals surface area contributed by atoms with Crippen molar-refractivity contribution in [3.63, 3.8) is 0 Å². The summed E-state index contributed by atoms with van der Waals surface area (Å²) in [6, 6.07) is -0.918. The van der Waals surface area contributed by atoms with E-state index in [9.17, 15) is 14.7 Å². The number of nitrogens with zero attached hydrogens (tertiary/aromatic N) is 1. The molecule has 1 amide bonds. The van der Waals surface area contributed by atoms with Gasteiger partial charge >= 0.3 is 5.97 Å². The van der Waals surface area contributed by atoms with Gasteiger partial charge in [-0.05, 0) is 18.3 Å². The average molecular weight is 336 g/mol. The summed E-state index contributed by atoms with van der Waals surface area (Å²) in [7, 11) is 1.32. The van der Waals surface area contributed by atoms with Crippen LogP contribution in [0.3, 0.4) is 0 Å². The Labute approximate surface area is 122 Å². The minimum Gasteiger partial charge on any atom is -0.467 e. The van der Waals surface area contributed by atoms with E-state index in [2.05, 4.69) is 15.9 Å². The van der Waals surface area contributed by atoms with Gasteiger partial charge in [0, 0.05) is 0 Å². The van der Waals surface area contributed by atoms with E-state index in [4.69, 9.17) is 4.74 Å². The Morgan fingerprint density at radius 2 is 2.05 bits per heavy atom. The molecular formula is C13H22BrNO4. The summed E-state index contributed by atoms with van der Waals surface area (Å²) >= 11 is 3.37. The Bertz CT molecular complexity index is 348. The van der Waals surface area contributed by atoms with Crippen LogP contribution >= 0.6 is 15.9 Å². The van der Waals surface area contributed by atoms with Crippen LogP contribution in [0.4, 0.5) is 0 Å². The molecule has 6 heteroatoms. The molecule has 1 unspecified atom stereocenters. The molecule has 1 rings (SSSR count). The van der Waals surface area contributed by atoms with E-state index in [1.54, 1.807) is 0 Å². The number of aliphatic hydroxyl groups excluding tert-OH is 1. The first-order chi connectivity index (χ1) is 8.84. The van der Waals surface area contributed by atoms with Crippen LogP contribution in [-0.2, 0) is 14.3 Å². The maximum absolute atomic E-state index is 12.5. The number of esters is 1. The molecule has 1 saturated heterocycles. The molecule has 0 bridgehead atoms. The number of methoxy groups -OCH3 is 1. The summed E-state index contributed by atoms with van der Waals surface area (Å²) in [6.07, 6.45) is 0.529. The fourth-order valence-corrected chi connectivity index (χ4v) is 2.72. The molecule has 1 aliphatic heterocycles. The lowest BCUT2D eigenvalue weighted by molar-refractivity contribution is -0.152. The van der Waals surface area contributed by atoms with Gasteiger partial charge < -0.3 is 14.7 Å². The van der Waals surface area contributed by atoms with Crippen molar-refractivity contribution in [3.05, 3.63) is 0 Å². The Hall–Kier alpha value is -0.620. The van der Waals surface area contributed by atoms with Crippen LogP contribution in [-0.4, -0.2) is 52.5 Å². The van der Waals surface area contributed by atoms with Gasteiger partial charge in [-0.2, -0.15) is 0 Å². The van der Waals surface area contributed by atoms with Crippen molar-refractivity contribution >= 4 is 27.8 Å². The second-order valence-electron chi connectivity index (χ2n) is 5.39. The van der Waals surface area contributed by atoms with Crippen molar-refractivity contribution in [2.45, 2.75) is 44.1 Å². The minimum absolute atomic E-state index is 0.0740. The van der Waals surface area contributed by atoms with Gasteiger partial charge in [0.05, 0.1) is 24.6 Å². The summed E-state index contributed by atoms with van der Waals surface area (Å²) in [6.45, 7) is 5.65. The first kappa shape index (κ1) is 16.4. The number of carbonyl (C=O) groups is 2. The second kappa shape index (κ2) is 6.70. The van der Waals surface area contributed by atoms with Gasteiger partial charge in [0.15, 0.2) is 0 Å². The third kappa shape index (κ3) is 3.28. The van der Waals surface area contributed by atoms with Crippen LogP contribution in [0.2, 0.25) is 0 Å². The number of hydrogen-bond acceptors (Lipinski definition) is 4. The van der Waals surface area contributed by atoms with E-state index in [1.807, 2.05) is 20.8 Å². The molecule has 0 aromatic carbocycles. The van der Waals surface area contributed by atoms with Crippen molar-refractivity contribution in [3.8, 4) is 0 Å². The lowest BCUT2D eigenvalue weighted by Crippen LogP contribution is -2.50. The Kier molecular flexibility index (Phi) is 5.80. The van der Waals surface area contributed by atoms with Gasteiger partial charge in [0.1, 0.15) is 6.04 Å². The van der Waals surface area contributed by atoms with Crippen LogP contribution in [0.1, 0.15) is 27.2 Å². The normalized spacial score (nSPS) is 28.6. The molecule has 1 heterocycles. The number of rotatable bonds is 4. The van der Waals surface area contributed by atoms with Gasteiger partial charge in [0.2, 0.25) is 5.91 Å². The third-order valence-corrected chi connectivity index (χ3v) is 5.13. The van der Waals surface area contributed by atoms with E-state index in [0.717, 1.165) is 0 Å². The van der Waals surface area contributed by atoms with E-state index in [-0.39, 0.29) is 35.2 Å². The first-order valence-corrected chi connectivity index (χ1v) is 7.41. The molecule has 19 heavy (non-hydrogen) atoms. The minimum atomic E-state index is -0.594. The average Bonchev–Trinajstić information content (AvgIpc) is 2.72. The van der Waals surface area contributed by atoms with Crippen molar-refractivity contribution in [2.24, 2.45) is 11.8 Å². The SMILES string of the molecule is COC(=O)[C@@H]1C[C@@H](C)[C@@H](CO)N1C(=O)C(Br)C(C)C. The molecule has 0 saturated carbocycles. The van der Waals surface area contributed by atoms with Crippen LogP contribution < -0.4 is 0 Å². The lowest BCUT2D eigenvalue weighted by atomic mass is 10.0. The van der Waals surface area contributed by atoms with E-state index >= 15 is 0 Å². The summed E-state index contributed by atoms with van der Waals surface area (Å²) in [5.74, 6) is -0.389. The van der Waals surface area contributed by atoms with Gasteiger partial charge in [-0.25, -0.2) is 4.79 Å². The van der Waals surface area contributed by atoms with E-state index < -0.39 is 12.0 Å². The molecule has 0 aromatic heterocycles. The Balaban J connectivity index is 3.01. The number of amides is 1. The standard InChI is InChI=1S/C13H22BrNO4/c1-7(2)11(14)12(17)15-9(13(18)19-4)5-8(3)10(15)6-16/h7-11,16H,5-6H2,1-4H3/t8-,9+,10-,11?/m1/s1. The Morgan fingerprint density at radius 3 is 2.47 bits per heavy atom. The molecular weight excluding hydrogens is 314 g/mol. The van der Waals surface area contributed by atoms with Gasteiger partial charge in [-0.3, -0.25) is 4.79 Å². The number of ether oxygens (including phenoxy) is 1. The van der Waals surface area contributed by atoms with Crippen LogP contribution in [0.25, 0.3) is 0 Å². The number of halogens is 1. The summed E-state index contributed by atoms with van der Waals surface area (Å²) in [4.78, 5) is 25.4. The number of aliphatic hydroxyl groups is 1. The van der Waals surface area contributed by atoms with E-state index in [1.165, 1.54) is 12.0 Å². The summed E-state index contributed by atoms with van der Waals surface area (Å²) in [5.41, 5.74) is 0. The van der Waals surface area contributed by atoms with Crippen molar-refractivity contribution in [1.29, 1.82) is 0 Å². The Morgan fingerprint density at radius 1 is 1.47 bits per heavy atom. The maximum Gasteiger partial charge on any atom is 0.328 e. The largest absolute Gasteiger partial charge is 0.467 e. The summed E-state index contributed by atoms with van der Waals surface area (Å²) in [5, 5.41) is 9.49. The van der Waals surface area contributed by atoms with Crippen molar-refractivity contribution in [2.75, 3.05) is 13.7 Å². The van der Waals surface area contributed by atoms with Crippen molar-refractivity contribution < 1.29 is 19.4 Å². The van der Waals surface area contributed by atoms with Crippen LogP contribution in [0.5, 0.6) is 0 Å². The first-order valence-electron chi connectivity index (χ1n) is 6.50. The van der Waals surface area contributed by atoms with Crippen LogP contribution in [0.15, 0.2) is 0 Å². The second-order valence-corrected chi connectivity index (χ2v) is 6.38. The topological polar surface area (TPSA) is 66.8 Å². The van der Waals surface area contributed by atoms with Gasteiger partial charge in [-0.1, -0.05) is 36.7 Å². The predicted octanol–water partition coefficient (Wildman–Crippen LogP) is 1.18. The fourth-order valence-electron chi connectivity index (χ4n) is 2.49. The fraction of sp³-hybridized carbons (Fsp3) is 0.846. The molecule has 0 radical (unpaired) electrons. The zero-order valence-electron chi connectivity index (χ0n) is 11.8. The number of hydrogen-bond donors (Lipinski definition) is 1. The van der Waals surface area contributed by atoms with Gasteiger partial charge in [-0.15, -0.1) is 0 Å². The molecule has 4 atom stereocenters. The number of alkyl halides is 1. The number of likely N-dealkylation sites (tertiary alicyclic amines) is 1. The molecule has 110 valence electrons. The predicted molar refractivity (Wildman–Crippen MR) is 74.9 cm³/mol. The third-order valence-electron chi connectivity index (χ3n) is 3.68. The van der Waals surface area contributed by atoms with Gasteiger partial charge in [0.25, 0.3) is 0 Å². The quantitative estimate of drug-likeness (QED) is 0.618. The molecule has 1 fully saturated rings. The zero-order chi connectivity index (χ0) is 14.7. The summed E-state index contributed by atoms with van der Waals surface area (Å²) < 4.78 is 4.77. The van der Waals surface area contributed by atoms with E-state index in [0.29, 0.717) is 6.42 Å². The zero-order valence-corrected chi connectivity index (χ0v) is 13.4. The molecule has 1 N–H and O–H groups in total. The highest BCUT2D eigenvalue weighted by atomic mass is 79.9. The lowest BCUT2D eigenvalue weighted by Gasteiger charge is -2.31. The molecule has 0 spiro atoms. The highest BCUT2D eigenvalue weighted by Gasteiger charge is 2.46. The molecule has 0 aliphatic carbocycles. The highest BCUT2D eigenvalue weighted by Crippen LogP contribution is 2.32. The maximum atomic E-state index is 12.5. The molecule has 0 aromatic rings.